The van der Waals surface area contributed by atoms with Gasteiger partial charge >= 0.3 is 0 Å². The highest BCUT2D eigenvalue weighted by atomic mass is 32.2. The van der Waals surface area contributed by atoms with E-state index in [4.69, 9.17) is 10.5 Å². The van der Waals surface area contributed by atoms with E-state index < -0.39 is 15.3 Å². The Kier molecular flexibility index (Phi) is 7.05. The average molecular weight is 467 g/mol. The molecule has 3 N–H and O–H groups in total. The van der Waals surface area contributed by atoms with Crippen LogP contribution < -0.4 is 15.8 Å². The highest BCUT2D eigenvalue weighted by molar-refractivity contribution is 7.91. The van der Waals surface area contributed by atoms with E-state index in [2.05, 4.69) is 5.32 Å². The van der Waals surface area contributed by atoms with E-state index in [0.717, 1.165) is 38.5 Å². The number of amides is 1. The van der Waals surface area contributed by atoms with E-state index in [0.29, 0.717) is 17.7 Å². The topological polar surface area (TPSA) is 98.5 Å². The third-order valence-electron chi connectivity index (χ3n) is 6.98. The number of rotatable bonds is 8. The van der Waals surface area contributed by atoms with Gasteiger partial charge in [-0.25, -0.2) is 12.8 Å². The van der Waals surface area contributed by atoms with Crippen molar-refractivity contribution in [2.45, 2.75) is 69.7 Å². The molecule has 0 aliphatic heterocycles. The minimum absolute atomic E-state index is 0.0235. The third kappa shape index (κ3) is 5.52. The summed E-state index contributed by atoms with van der Waals surface area (Å²) in [4.78, 5) is 12.8. The first kappa shape index (κ1) is 24.7. The molecule has 0 atom stereocenters. The SMILES string of the molecule is CC(C)(C)C(=O)NC12CCC(CS(=O)(=O)c3ccc(OCC(=CF)CN)cc3)(CC1)CC2. The Morgan fingerprint density at radius 1 is 1.12 bits per heavy atom. The number of nitrogens with one attached hydrogen (secondary N) is 1. The quantitative estimate of drug-likeness (QED) is 0.605. The van der Waals surface area contributed by atoms with Crippen molar-refractivity contribution in [1.82, 2.24) is 5.32 Å². The molecule has 0 aromatic heterocycles. The van der Waals surface area contributed by atoms with Crippen molar-refractivity contribution in [3.05, 3.63) is 36.2 Å². The number of ether oxygens (including phenoxy) is 1. The minimum Gasteiger partial charge on any atom is -0.489 e. The van der Waals surface area contributed by atoms with E-state index >= 15 is 0 Å². The van der Waals surface area contributed by atoms with Gasteiger partial charge in [-0.3, -0.25) is 4.79 Å². The van der Waals surface area contributed by atoms with Crippen LogP contribution >= 0.6 is 0 Å². The van der Waals surface area contributed by atoms with E-state index in [1.54, 1.807) is 24.3 Å². The summed E-state index contributed by atoms with van der Waals surface area (Å²) < 4.78 is 44.4. The van der Waals surface area contributed by atoms with E-state index in [-0.39, 0.29) is 40.7 Å². The molecule has 6 nitrogen and oxygen atoms in total. The lowest BCUT2D eigenvalue weighted by atomic mass is 9.58. The summed E-state index contributed by atoms with van der Waals surface area (Å²) in [5, 5.41) is 3.27. The summed E-state index contributed by atoms with van der Waals surface area (Å²) in [5.74, 6) is 0.637. The van der Waals surface area contributed by atoms with Crippen molar-refractivity contribution in [1.29, 1.82) is 0 Å². The second-order valence-corrected chi connectivity index (χ2v) is 12.5. The first-order chi connectivity index (χ1) is 14.9. The average Bonchev–Trinajstić information content (AvgIpc) is 2.75. The summed E-state index contributed by atoms with van der Waals surface area (Å²) in [7, 11) is -3.46. The van der Waals surface area contributed by atoms with Crippen LogP contribution in [0.3, 0.4) is 0 Å². The Morgan fingerprint density at radius 3 is 2.16 bits per heavy atom. The van der Waals surface area contributed by atoms with Crippen LogP contribution in [-0.4, -0.2) is 38.8 Å². The Labute approximate surface area is 190 Å². The van der Waals surface area contributed by atoms with Crippen molar-refractivity contribution in [3.63, 3.8) is 0 Å². The number of benzene rings is 1. The van der Waals surface area contributed by atoms with Gasteiger partial charge in [-0.05, 0) is 68.2 Å². The monoisotopic (exact) mass is 466 g/mol. The van der Waals surface area contributed by atoms with Crippen molar-refractivity contribution in [2.75, 3.05) is 18.9 Å². The van der Waals surface area contributed by atoms with Gasteiger partial charge in [0.05, 0.1) is 17.0 Å². The van der Waals surface area contributed by atoms with Crippen LogP contribution in [-0.2, 0) is 14.6 Å². The first-order valence-electron chi connectivity index (χ1n) is 11.2. The maximum atomic E-state index is 13.2. The van der Waals surface area contributed by atoms with Gasteiger partial charge in [0.2, 0.25) is 5.91 Å². The lowest BCUT2D eigenvalue weighted by Crippen LogP contribution is -2.59. The zero-order valence-electron chi connectivity index (χ0n) is 19.2. The second-order valence-electron chi connectivity index (χ2n) is 10.5. The standard InChI is InChI=1S/C24H35FN2O4S/c1-22(2,3)21(28)27-24-11-8-23(9-12-24,10-13-24)17-32(29,30)20-6-4-19(5-7-20)31-16-18(14-25)15-26/h4-7,14H,8-13,15-17,26H2,1-3H3,(H,27,28). The molecule has 32 heavy (non-hydrogen) atoms. The number of fused-ring (bicyclic) bond motifs is 3. The van der Waals surface area contributed by atoms with Gasteiger partial charge in [-0.2, -0.15) is 0 Å². The highest BCUT2D eigenvalue weighted by Crippen LogP contribution is 2.53. The van der Waals surface area contributed by atoms with Crippen molar-refractivity contribution in [2.24, 2.45) is 16.6 Å². The predicted molar refractivity (Wildman–Crippen MR) is 123 cm³/mol. The molecule has 3 saturated carbocycles. The van der Waals surface area contributed by atoms with Gasteiger partial charge in [0, 0.05) is 23.1 Å². The fourth-order valence-electron chi connectivity index (χ4n) is 4.64. The van der Waals surface area contributed by atoms with Crippen LogP contribution in [0.2, 0.25) is 0 Å². The number of hydrogen-bond acceptors (Lipinski definition) is 5. The molecule has 178 valence electrons. The molecule has 1 aromatic rings. The van der Waals surface area contributed by atoms with Gasteiger partial charge in [0.1, 0.15) is 12.4 Å². The van der Waals surface area contributed by atoms with Crippen LogP contribution in [0.1, 0.15) is 59.3 Å². The summed E-state index contributed by atoms with van der Waals surface area (Å²) in [6, 6.07) is 6.27. The highest BCUT2D eigenvalue weighted by Gasteiger charge is 2.51. The van der Waals surface area contributed by atoms with Gasteiger partial charge in [-0.1, -0.05) is 20.8 Å². The van der Waals surface area contributed by atoms with Crippen LogP contribution in [0.4, 0.5) is 4.39 Å². The molecular weight excluding hydrogens is 431 g/mol. The summed E-state index contributed by atoms with van der Waals surface area (Å²) >= 11 is 0. The Morgan fingerprint density at radius 2 is 1.69 bits per heavy atom. The molecular formula is C24H35FN2O4S. The van der Waals surface area contributed by atoms with Crippen LogP contribution in [0.25, 0.3) is 0 Å². The molecule has 3 aliphatic rings. The fourth-order valence-corrected chi connectivity index (χ4v) is 6.59. The fraction of sp³-hybridized carbons (Fsp3) is 0.625. The first-order valence-corrected chi connectivity index (χ1v) is 12.8. The van der Waals surface area contributed by atoms with Gasteiger partial charge < -0.3 is 15.8 Å². The number of sulfone groups is 1. The zero-order chi connectivity index (χ0) is 23.6. The molecule has 0 spiro atoms. The molecule has 8 heteroatoms. The van der Waals surface area contributed by atoms with Crippen LogP contribution in [0.5, 0.6) is 5.75 Å². The molecule has 2 bridgehead atoms. The molecule has 1 amide bonds. The van der Waals surface area contributed by atoms with Crippen molar-refractivity contribution in [3.8, 4) is 5.75 Å². The molecule has 4 rings (SSSR count). The van der Waals surface area contributed by atoms with E-state index in [1.165, 1.54) is 0 Å². The Hall–Kier alpha value is -1.93. The van der Waals surface area contributed by atoms with E-state index in [9.17, 15) is 17.6 Å². The molecule has 0 saturated heterocycles. The molecule has 1 aromatic carbocycles. The number of halogens is 1. The number of nitrogens with two attached hydrogens (primary N) is 1. The smallest absolute Gasteiger partial charge is 0.225 e. The van der Waals surface area contributed by atoms with E-state index in [1.807, 2.05) is 20.8 Å². The molecule has 0 heterocycles. The Balaban J connectivity index is 1.62. The normalized spacial score (nSPS) is 26.1. The lowest BCUT2D eigenvalue weighted by Gasteiger charge is -2.54. The number of carbonyl (C=O) groups is 1. The second kappa shape index (κ2) is 9.14. The Bertz CT molecular complexity index is 940. The molecule has 3 aliphatic carbocycles. The van der Waals surface area contributed by atoms with Crippen molar-refractivity contribution >= 4 is 15.7 Å². The molecule has 0 radical (unpaired) electrons. The zero-order valence-corrected chi connectivity index (χ0v) is 20.1. The maximum absolute atomic E-state index is 13.2. The van der Waals surface area contributed by atoms with Crippen molar-refractivity contribution < 1.29 is 22.3 Å². The molecule has 0 unspecified atom stereocenters. The van der Waals surface area contributed by atoms with Crippen LogP contribution in [0, 0.1) is 10.8 Å². The number of hydrogen-bond donors (Lipinski definition) is 2. The predicted octanol–water partition coefficient (Wildman–Crippen LogP) is 3.91. The minimum atomic E-state index is -3.46. The van der Waals surface area contributed by atoms with Crippen LogP contribution in [0.15, 0.2) is 41.1 Å². The van der Waals surface area contributed by atoms with Gasteiger partial charge in [0.15, 0.2) is 9.84 Å². The third-order valence-corrected chi connectivity index (χ3v) is 8.96. The summed E-state index contributed by atoms with van der Waals surface area (Å²) in [5.41, 5.74) is 4.88. The summed E-state index contributed by atoms with van der Waals surface area (Å²) in [6.07, 6.45) is 5.30. The number of carbonyl (C=O) groups excluding carboxylic acids is 1. The summed E-state index contributed by atoms with van der Waals surface area (Å²) in [6.45, 7) is 5.81. The maximum Gasteiger partial charge on any atom is 0.225 e. The van der Waals surface area contributed by atoms with Gasteiger partial charge in [-0.15, -0.1) is 0 Å². The van der Waals surface area contributed by atoms with Gasteiger partial charge in [0.25, 0.3) is 0 Å². The lowest BCUT2D eigenvalue weighted by molar-refractivity contribution is -0.132. The molecule has 3 fully saturated rings. The largest absolute Gasteiger partial charge is 0.489 e.